The number of H-pyrrole nitrogens is 1. The van der Waals surface area contributed by atoms with Gasteiger partial charge in [0.2, 0.25) is 0 Å². The van der Waals surface area contributed by atoms with Gasteiger partial charge in [-0.3, -0.25) is 0 Å². The Hall–Kier alpha value is -1.48. The topological polar surface area (TPSA) is 28.7 Å². The van der Waals surface area contributed by atoms with Gasteiger partial charge < -0.3 is 4.98 Å². The lowest BCUT2D eigenvalue weighted by atomic mass is 10.1. The number of benzene rings is 1. The zero-order valence-corrected chi connectivity index (χ0v) is 11.3. The zero-order chi connectivity index (χ0) is 12.5. The van der Waals surface area contributed by atoms with Gasteiger partial charge in [0, 0.05) is 11.6 Å². The van der Waals surface area contributed by atoms with E-state index in [1.807, 2.05) is 6.07 Å². The summed E-state index contributed by atoms with van der Waals surface area (Å²) >= 11 is 5.24. The zero-order valence-electron chi connectivity index (χ0n) is 10.4. The van der Waals surface area contributed by atoms with Gasteiger partial charge >= 0.3 is 0 Å². The van der Waals surface area contributed by atoms with Crippen LogP contribution in [-0.2, 0) is 19.3 Å². The monoisotopic (exact) mass is 256 g/mol. The van der Waals surface area contributed by atoms with Crippen LogP contribution < -0.4 is 0 Å². The minimum atomic E-state index is 0.454. The van der Waals surface area contributed by atoms with Gasteiger partial charge in [-0.25, -0.2) is 4.98 Å². The van der Waals surface area contributed by atoms with Gasteiger partial charge in [-0.05, 0) is 36.5 Å². The number of hydrogen-bond acceptors (Lipinski definition) is 2. The highest BCUT2D eigenvalue weighted by atomic mass is 32.1. The Morgan fingerprint density at radius 3 is 2.56 bits per heavy atom. The molecule has 1 aliphatic rings. The van der Waals surface area contributed by atoms with Gasteiger partial charge in [0.1, 0.15) is 10.5 Å². The molecule has 0 saturated carbocycles. The first-order valence-corrected chi connectivity index (χ1v) is 6.84. The van der Waals surface area contributed by atoms with Crippen LogP contribution in [0, 0.1) is 4.64 Å². The molecular formula is C15H16N2S. The van der Waals surface area contributed by atoms with E-state index in [0.29, 0.717) is 10.6 Å². The fourth-order valence-corrected chi connectivity index (χ4v) is 2.91. The summed E-state index contributed by atoms with van der Waals surface area (Å²) in [5.41, 5.74) is 4.08. The van der Waals surface area contributed by atoms with Gasteiger partial charge in [0.25, 0.3) is 0 Å². The second-order valence-electron chi connectivity index (χ2n) is 4.86. The number of nitrogens with one attached hydrogen (secondary N) is 1. The van der Waals surface area contributed by atoms with Crippen LogP contribution in [0.1, 0.15) is 35.5 Å². The number of rotatable bonds is 2. The van der Waals surface area contributed by atoms with Crippen LogP contribution in [0.4, 0.5) is 0 Å². The molecule has 2 aromatic rings. The largest absolute Gasteiger partial charge is 0.347 e. The third-order valence-corrected chi connectivity index (χ3v) is 3.84. The predicted molar refractivity (Wildman–Crippen MR) is 75.4 cm³/mol. The fourth-order valence-electron chi connectivity index (χ4n) is 2.66. The Kier molecular flexibility index (Phi) is 3.00. The van der Waals surface area contributed by atoms with Crippen molar-refractivity contribution in [3.63, 3.8) is 0 Å². The van der Waals surface area contributed by atoms with E-state index in [-0.39, 0.29) is 0 Å². The Morgan fingerprint density at radius 1 is 1.28 bits per heavy atom. The summed E-state index contributed by atoms with van der Waals surface area (Å²) in [5.74, 6) is 1.51. The molecule has 0 amide bonds. The molecule has 0 unspecified atom stereocenters. The normalized spacial score (nSPS) is 14.7. The fraction of sp³-hybridized carbons (Fsp3) is 0.333. The highest BCUT2D eigenvalue weighted by Crippen LogP contribution is 2.32. The molecule has 0 bridgehead atoms. The van der Waals surface area contributed by atoms with Crippen molar-refractivity contribution in [2.45, 2.75) is 32.1 Å². The van der Waals surface area contributed by atoms with Gasteiger partial charge in [-0.1, -0.05) is 43.4 Å². The lowest BCUT2D eigenvalue weighted by Gasteiger charge is -2.10. The Labute approximate surface area is 112 Å². The van der Waals surface area contributed by atoms with Crippen LogP contribution in [-0.4, -0.2) is 9.97 Å². The maximum absolute atomic E-state index is 5.24. The summed E-state index contributed by atoms with van der Waals surface area (Å²) in [7, 11) is 0. The SMILES string of the molecule is CCc1cc(=S)nc(C2Cc3ccccc3C2)[nH]1. The Morgan fingerprint density at radius 2 is 1.94 bits per heavy atom. The average Bonchev–Trinajstić information content (AvgIpc) is 2.81. The molecule has 18 heavy (non-hydrogen) atoms. The van der Waals surface area contributed by atoms with Crippen molar-refractivity contribution in [2.75, 3.05) is 0 Å². The molecule has 0 fully saturated rings. The van der Waals surface area contributed by atoms with E-state index in [1.165, 1.54) is 16.8 Å². The van der Waals surface area contributed by atoms with Crippen LogP contribution in [0.15, 0.2) is 30.3 Å². The number of nitrogens with zero attached hydrogens (tertiary/aromatic N) is 1. The van der Waals surface area contributed by atoms with Crippen LogP contribution in [0.5, 0.6) is 0 Å². The Bertz CT molecular complexity index is 605. The predicted octanol–water partition coefficient (Wildman–Crippen LogP) is 3.58. The van der Waals surface area contributed by atoms with Crippen LogP contribution >= 0.6 is 12.2 Å². The summed E-state index contributed by atoms with van der Waals surface area (Å²) in [5, 5.41) is 0. The molecule has 3 heteroatoms. The number of fused-ring (bicyclic) bond motifs is 1. The van der Waals surface area contributed by atoms with Crippen molar-refractivity contribution >= 4 is 12.2 Å². The van der Waals surface area contributed by atoms with Crippen LogP contribution in [0.2, 0.25) is 0 Å². The molecule has 0 atom stereocenters. The maximum Gasteiger partial charge on any atom is 0.129 e. The van der Waals surface area contributed by atoms with Gasteiger partial charge in [0.15, 0.2) is 0 Å². The smallest absolute Gasteiger partial charge is 0.129 e. The molecule has 3 rings (SSSR count). The summed E-state index contributed by atoms with van der Waals surface area (Å²) in [6, 6.07) is 10.6. The molecule has 2 nitrogen and oxygen atoms in total. The van der Waals surface area contributed by atoms with E-state index in [0.717, 1.165) is 25.1 Å². The molecule has 1 N–H and O–H groups in total. The lowest BCUT2D eigenvalue weighted by molar-refractivity contribution is 0.672. The quantitative estimate of drug-likeness (QED) is 0.832. The summed E-state index contributed by atoms with van der Waals surface area (Å²) < 4.78 is 0.705. The molecule has 1 aromatic heterocycles. The standard InChI is InChI=1S/C15H16N2S/c1-2-13-9-14(18)17-15(16-13)12-7-10-5-3-4-6-11(10)8-12/h3-6,9,12H,2,7-8H2,1H3,(H,16,17,18). The van der Waals surface area contributed by atoms with E-state index in [1.54, 1.807) is 0 Å². The van der Waals surface area contributed by atoms with E-state index in [2.05, 4.69) is 41.2 Å². The van der Waals surface area contributed by atoms with Gasteiger partial charge in [-0.2, -0.15) is 0 Å². The summed E-state index contributed by atoms with van der Waals surface area (Å²) in [6.07, 6.45) is 3.11. The van der Waals surface area contributed by atoms with Crippen LogP contribution in [0.25, 0.3) is 0 Å². The molecule has 0 spiro atoms. The molecule has 1 heterocycles. The summed E-state index contributed by atoms with van der Waals surface area (Å²) in [4.78, 5) is 7.94. The highest BCUT2D eigenvalue weighted by molar-refractivity contribution is 7.71. The van der Waals surface area contributed by atoms with Crippen molar-refractivity contribution in [3.8, 4) is 0 Å². The molecule has 1 aliphatic carbocycles. The molecule has 0 saturated heterocycles. The minimum absolute atomic E-state index is 0.454. The van der Waals surface area contributed by atoms with Crippen molar-refractivity contribution in [1.82, 2.24) is 9.97 Å². The van der Waals surface area contributed by atoms with Crippen molar-refractivity contribution in [3.05, 3.63) is 57.6 Å². The van der Waals surface area contributed by atoms with Crippen molar-refractivity contribution < 1.29 is 0 Å². The molecule has 92 valence electrons. The number of hydrogen-bond donors (Lipinski definition) is 1. The Balaban J connectivity index is 1.95. The molecular weight excluding hydrogens is 240 g/mol. The van der Waals surface area contributed by atoms with Gasteiger partial charge in [0.05, 0.1) is 0 Å². The second-order valence-corrected chi connectivity index (χ2v) is 5.28. The highest BCUT2D eigenvalue weighted by Gasteiger charge is 2.24. The molecule has 0 aliphatic heterocycles. The number of aromatic nitrogens is 2. The summed E-state index contributed by atoms with van der Waals surface area (Å²) in [6.45, 7) is 2.13. The average molecular weight is 256 g/mol. The lowest BCUT2D eigenvalue weighted by Crippen LogP contribution is -2.06. The first-order valence-electron chi connectivity index (χ1n) is 6.43. The number of aromatic amines is 1. The maximum atomic E-state index is 5.24. The van der Waals surface area contributed by atoms with Gasteiger partial charge in [-0.15, -0.1) is 0 Å². The van der Waals surface area contributed by atoms with Crippen LogP contribution in [0.3, 0.4) is 0 Å². The van der Waals surface area contributed by atoms with E-state index in [9.17, 15) is 0 Å². The first-order chi connectivity index (χ1) is 8.76. The van der Waals surface area contributed by atoms with E-state index in [4.69, 9.17) is 12.2 Å². The van der Waals surface area contributed by atoms with Crippen molar-refractivity contribution in [1.29, 1.82) is 0 Å². The van der Waals surface area contributed by atoms with E-state index >= 15 is 0 Å². The minimum Gasteiger partial charge on any atom is -0.347 e. The number of aryl methyl sites for hydroxylation is 1. The van der Waals surface area contributed by atoms with Crippen molar-refractivity contribution in [2.24, 2.45) is 0 Å². The molecule has 1 aromatic carbocycles. The first kappa shape index (κ1) is 11.6. The second kappa shape index (κ2) is 4.65. The molecule has 0 radical (unpaired) electrons. The third-order valence-electron chi connectivity index (χ3n) is 3.64. The third kappa shape index (κ3) is 2.10. The van der Waals surface area contributed by atoms with E-state index < -0.39 is 0 Å².